The van der Waals surface area contributed by atoms with Gasteiger partial charge in [0, 0.05) is 39.8 Å². The molecule has 134 valence electrons. The zero-order valence-corrected chi connectivity index (χ0v) is 14.0. The topological polar surface area (TPSA) is 44.8 Å². The van der Waals surface area contributed by atoms with E-state index in [1.54, 1.807) is 16.9 Å². The normalized spacial score (nSPS) is 15.5. The van der Waals surface area contributed by atoms with Crippen molar-refractivity contribution in [2.75, 3.05) is 51.3 Å². The Kier molecular flexibility index (Phi) is 6.17. The Hall–Kier alpha value is -1.67. The Bertz CT molecular complexity index is 576. The first kappa shape index (κ1) is 18.7. The number of hydrogen-bond donors (Lipinski definition) is 1. The summed E-state index contributed by atoms with van der Waals surface area (Å²) in [7, 11) is 1.55. The van der Waals surface area contributed by atoms with Crippen LogP contribution >= 0.6 is 11.6 Å². The van der Waals surface area contributed by atoms with Gasteiger partial charge >= 0.3 is 12.2 Å². The monoisotopic (exact) mass is 365 g/mol. The van der Waals surface area contributed by atoms with Gasteiger partial charge < -0.3 is 19.9 Å². The third kappa shape index (κ3) is 4.67. The van der Waals surface area contributed by atoms with E-state index in [0.717, 1.165) is 12.1 Å². The fourth-order valence-electron chi connectivity index (χ4n) is 2.45. The number of anilines is 1. The van der Waals surface area contributed by atoms with Crippen LogP contribution in [0.1, 0.15) is 5.56 Å². The summed E-state index contributed by atoms with van der Waals surface area (Å²) in [6, 6.07) is 3.06. The number of piperazine rings is 1. The van der Waals surface area contributed by atoms with E-state index in [1.807, 2.05) is 0 Å². The van der Waals surface area contributed by atoms with Gasteiger partial charge in [-0.1, -0.05) is 11.6 Å². The van der Waals surface area contributed by atoms with Crippen molar-refractivity contribution in [1.82, 2.24) is 10.2 Å². The van der Waals surface area contributed by atoms with Crippen molar-refractivity contribution in [3.05, 3.63) is 28.8 Å². The molecule has 0 saturated carbocycles. The summed E-state index contributed by atoms with van der Waals surface area (Å²) in [6.45, 7) is 2.48. The second-order valence-electron chi connectivity index (χ2n) is 5.36. The fourth-order valence-corrected chi connectivity index (χ4v) is 2.69. The predicted molar refractivity (Wildman–Crippen MR) is 85.5 cm³/mol. The smallest absolute Gasteiger partial charge is 0.383 e. The molecule has 1 heterocycles. The highest BCUT2D eigenvalue weighted by atomic mass is 35.5. The molecule has 0 radical (unpaired) electrons. The summed E-state index contributed by atoms with van der Waals surface area (Å²) in [5.74, 6) is 0. The highest BCUT2D eigenvalue weighted by Gasteiger charge is 2.32. The molecule has 2 amide bonds. The molecule has 9 heteroatoms. The van der Waals surface area contributed by atoms with Crippen LogP contribution in [0.4, 0.5) is 23.7 Å². The Morgan fingerprint density at radius 1 is 1.29 bits per heavy atom. The molecule has 1 aromatic rings. The molecule has 1 aliphatic heterocycles. The van der Waals surface area contributed by atoms with Crippen LogP contribution in [-0.2, 0) is 10.9 Å². The largest absolute Gasteiger partial charge is 0.416 e. The first-order chi connectivity index (χ1) is 11.3. The van der Waals surface area contributed by atoms with Gasteiger partial charge in [0.15, 0.2) is 0 Å². The van der Waals surface area contributed by atoms with Crippen LogP contribution in [0, 0.1) is 0 Å². The van der Waals surface area contributed by atoms with Crippen molar-refractivity contribution in [3.63, 3.8) is 0 Å². The lowest BCUT2D eigenvalue weighted by atomic mass is 10.1. The average molecular weight is 366 g/mol. The third-order valence-electron chi connectivity index (χ3n) is 3.76. The number of halogens is 4. The second-order valence-corrected chi connectivity index (χ2v) is 5.77. The van der Waals surface area contributed by atoms with E-state index in [-0.39, 0.29) is 11.1 Å². The van der Waals surface area contributed by atoms with Crippen LogP contribution in [-0.4, -0.2) is 57.4 Å². The van der Waals surface area contributed by atoms with Crippen LogP contribution in [0.15, 0.2) is 18.2 Å². The highest BCUT2D eigenvalue weighted by Crippen LogP contribution is 2.35. The van der Waals surface area contributed by atoms with Crippen molar-refractivity contribution in [2.45, 2.75) is 6.18 Å². The van der Waals surface area contributed by atoms with Gasteiger partial charge in [-0.05, 0) is 18.2 Å². The molecule has 1 saturated heterocycles. The first-order valence-electron chi connectivity index (χ1n) is 7.46. The number of benzene rings is 1. The van der Waals surface area contributed by atoms with E-state index in [9.17, 15) is 18.0 Å². The number of nitrogens with zero attached hydrogens (tertiary/aromatic N) is 2. The van der Waals surface area contributed by atoms with E-state index < -0.39 is 11.7 Å². The van der Waals surface area contributed by atoms with Crippen LogP contribution in [0.25, 0.3) is 0 Å². The van der Waals surface area contributed by atoms with Gasteiger partial charge in [0.25, 0.3) is 0 Å². The number of ether oxygens (including phenoxy) is 1. The van der Waals surface area contributed by atoms with E-state index in [4.69, 9.17) is 16.3 Å². The van der Waals surface area contributed by atoms with E-state index >= 15 is 0 Å². The standard InChI is InChI=1S/C15H19ClF3N3O2/c1-24-9-4-20-14(23)22-7-5-21(6-8-22)13-10-11(15(17,18)19)2-3-12(13)16/h2-3,10H,4-9H2,1H3,(H,20,23). The Balaban J connectivity index is 1.98. The summed E-state index contributed by atoms with van der Waals surface area (Å²) >= 11 is 6.05. The number of methoxy groups -OCH3 is 1. The van der Waals surface area contributed by atoms with Crippen molar-refractivity contribution in [1.29, 1.82) is 0 Å². The fraction of sp³-hybridized carbons (Fsp3) is 0.533. The number of alkyl halides is 3. The lowest BCUT2D eigenvalue weighted by Gasteiger charge is -2.36. The molecule has 24 heavy (non-hydrogen) atoms. The molecule has 0 aromatic heterocycles. The van der Waals surface area contributed by atoms with Gasteiger partial charge in [0.05, 0.1) is 22.9 Å². The summed E-state index contributed by atoms with van der Waals surface area (Å²) in [5.41, 5.74) is -0.396. The number of carbonyl (C=O) groups excluding carboxylic acids is 1. The van der Waals surface area contributed by atoms with Gasteiger partial charge in [-0.15, -0.1) is 0 Å². The van der Waals surface area contributed by atoms with Gasteiger partial charge in [0.2, 0.25) is 0 Å². The van der Waals surface area contributed by atoms with Crippen LogP contribution in [0.3, 0.4) is 0 Å². The zero-order valence-electron chi connectivity index (χ0n) is 13.2. The number of carbonyl (C=O) groups is 1. The molecular formula is C15H19ClF3N3O2. The quantitative estimate of drug-likeness (QED) is 0.834. The van der Waals surface area contributed by atoms with Crippen molar-refractivity contribution >= 4 is 23.3 Å². The Labute approximate surface area is 143 Å². The van der Waals surface area contributed by atoms with Crippen molar-refractivity contribution in [3.8, 4) is 0 Å². The minimum absolute atomic E-state index is 0.207. The molecule has 1 aliphatic rings. The van der Waals surface area contributed by atoms with Gasteiger partial charge in [-0.25, -0.2) is 4.79 Å². The number of nitrogens with one attached hydrogen (secondary N) is 1. The summed E-state index contributed by atoms with van der Waals surface area (Å²) in [4.78, 5) is 15.3. The number of urea groups is 1. The molecule has 2 rings (SSSR count). The van der Waals surface area contributed by atoms with Crippen molar-refractivity contribution in [2.24, 2.45) is 0 Å². The van der Waals surface area contributed by atoms with Gasteiger partial charge in [-0.3, -0.25) is 0 Å². The van der Waals surface area contributed by atoms with Crippen LogP contribution in [0.5, 0.6) is 0 Å². The van der Waals surface area contributed by atoms with E-state index in [2.05, 4.69) is 5.32 Å². The second kappa shape index (κ2) is 7.94. The Morgan fingerprint density at radius 3 is 2.54 bits per heavy atom. The first-order valence-corrected chi connectivity index (χ1v) is 7.84. The summed E-state index contributed by atoms with van der Waals surface area (Å²) in [6.07, 6.45) is -4.41. The minimum atomic E-state index is -4.41. The zero-order chi connectivity index (χ0) is 17.7. The van der Waals surface area contributed by atoms with Crippen molar-refractivity contribution < 1.29 is 22.7 Å². The molecular weight excluding hydrogens is 347 g/mol. The third-order valence-corrected chi connectivity index (χ3v) is 4.08. The summed E-state index contributed by atoms with van der Waals surface area (Å²) in [5, 5.41) is 2.98. The molecule has 0 spiro atoms. The minimum Gasteiger partial charge on any atom is -0.383 e. The lowest BCUT2D eigenvalue weighted by molar-refractivity contribution is -0.137. The lowest BCUT2D eigenvalue weighted by Crippen LogP contribution is -2.52. The van der Waals surface area contributed by atoms with Crippen LogP contribution < -0.4 is 10.2 Å². The van der Waals surface area contributed by atoms with Gasteiger partial charge in [0.1, 0.15) is 0 Å². The molecule has 1 aromatic carbocycles. The maximum Gasteiger partial charge on any atom is 0.416 e. The molecule has 1 N–H and O–H groups in total. The van der Waals surface area contributed by atoms with Gasteiger partial charge in [-0.2, -0.15) is 13.2 Å². The number of amides is 2. The summed E-state index contributed by atoms with van der Waals surface area (Å²) < 4.78 is 43.4. The SMILES string of the molecule is COCCNC(=O)N1CCN(c2cc(C(F)(F)F)ccc2Cl)CC1. The molecule has 1 fully saturated rings. The molecule has 0 aliphatic carbocycles. The number of rotatable bonds is 4. The Morgan fingerprint density at radius 2 is 1.96 bits per heavy atom. The molecule has 0 atom stereocenters. The highest BCUT2D eigenvalue weighted by molar-refractivity contribution is 6.33. The maximum atomic E-state index is 12.8. The molecule has 0 unspecified atom stereocenters. The molecule has 0 bridgehead atoms. The van der Waals surface area contributed by atoms with E-state index in [1.165, 1.54) is 6.07 Å². The maximum absolute atomic E-state index is 12.8. The predicted octanol–water partition coefficient (Wildman–Crippen LogP) is 2.84. The number of hydrogen-bond acceptors (Lipinski definition) is 3. The molecule has 5 nitrogen and oxygen atoms in total. The average Bonchev–Trinajstić information content (AvgIpc) is 2.54. The van der Waals surface area contributed by atoms with Crippen LogP contribution in [0.2, 0.25) is 5.02 Å². The van der Waals surface area contributed by atoms with E-state index in [0.29, 0.717) is 45.0 Å².